The van der Waals surface area contributed by atoms with Gasteiger partial charge in [-0.05, 0) is 161 Å². The van der Waals surface area contributed by atoms with E-state index in [9.17, 15) is 4.79 Å². The third kappa shape index (κ3) is 21.7. The first-order valence-electron chi connectivity index (χ1n) is 31.2. The van der Waals surface area contributed by atoms with Crippen LogP contribution in [0.3, 0.4) is 0 Å². The number of aromatic nitrogens is 4. The summed E-state index contributed by atoms with van der Waals surface area (Å²) in [6.45, 7) is 8.18. The third-order valence-corrected chi connectivity index (χ3v) is 16.1. The predicted molar refractivity (Wildman–Crippen MR) is 399 cm³/mol. The molecule has 0 fully saturated rings. The first-order valence-corrected chi connectivity index (χ1v) is 32.3. The van der Waals surface area contributed by atoms with Crippen LogP contribution in [0.4, 0.5) is 17.5 Å². The molecule has 0 bridgehead atoms. The number of nitriles is 1. The number of fused-ring (bicyclic) bond motifs is 4. The van der Waals surface area contributed by atoms with Gasteiger partial charge in [-0.3, -0.25) is 4.79 Å². The highest BCUT2D eigenvalue weighted by Gasteiger charge is 2.13. The van der Waals surface area contributed by atoms with Crippen molar-refractivity contribution in [2.75, 3.05) is 84.9 Å². The topological polar surface area (TPSA) is 157 Å². The first kappa shape index (κ1) is 73.3. The van der Waals surface area contributed by atoms with Gasteiger partial charge < -0.3 is 48.8 Å². The number of benzene rings is 8. The van der Waals surface area contributed by atoms with Crippen LogP contribution in [0.5, 0.6) is 23.0 Å². The molecule has 0 radical (unpaired) electrons. The molecule has 0 aliphatic heterocycles. The highest BCUT2D eigenvalue weighted by molar-refractivity contribution is 6.35. The maximum atomic E-state index is 12.2. The van der Waals surface area contributed by atoms with Gasteiger partial charge in [-0.25, -0.2) is 15.0 Å². The Morgan fingerprint density at radius 1 is 0.448 bits per heavy atom. The molecule has 0 atom stereocenters. The highest BCUT2D eigenvalue weighted by Crippen LogP contribution is 2.32. The van der Waals surface area contributed by atoms with Crippen molar-refractivity contribution in [1.29, 1.82) is 5.26 Å². The predicted octanol–water partition coefficient (Wildman–Crippen LogP) is 17.5. The Labute approximate surface area is 579 Å². The Balaban J connectivity index is 0.000000167. The summed E-state index contributed by atoms with van der Waals surface area (Å²) < 4.78 is 20.9. The molecular weight excluding hydrogens is 1260 g/mol. The van der Waals surface area contributed by atoms with Crippen LogP contribution in [-0.2, 0) is 32.6 Å². The molecule has 12 rings (SSSR count). The SMILES string of the molecule is CCN(C)c1cc2cc(OC)ccc2c(Cl)n1.CCc1cc2cc(OC)ccc2c(Cl)n1.CN(C#N)Cc1ccccc1.CNCc1ccccc1.COc1ccc2c(=O)[nH]c(N(C)Cc3ccccc3)cc2c1.COc1ccc2c(Cl)nc(N(C)Cc3ccccc3)cc2c1. The summed E-state index contributed by atoms with van der Waals surface area (Å²) >= 11 is 18.6. The Morgan fingerprint density at radius 3 is 1.21 bits per heavy atom. The van der Waals surface area contributed by atoms with Crippen LogP contribution in [0.1, 0.15) is 41.8 Å². The van der Waals surface area contributed by atoms with Crippen LogP contribution in [0, 0.1) is 11.5 Å². The van der Waals surface area contributed by atoms with Gasteiger partial charge in [0.15, 0.2) is 6.19 Å². The molecule has 2 N–H and O–H groups in total. The molecule has 4 heterocycles. The maximum absolute atomic E-state index is 12.2. The number of nitrogens with one attached hydrogen (secondary N) is 2. The van der Waals surface area contributed by atoms with E-state index in [0.717, 1.165) is 122 Å². The van der Waals surface area contributed by atoms with Crippen LogP contribution in [0.25, 0.3) is 43.1 Å². The van der Waals surface area contributed by atoms with Gasteiger partial charge in [0.1, 0.15) is 55.9 Å². The maximum Gasteiger partial charge on any atom is 0.257 e. The fourth-order valence-corrected chi connectivity index (χ4v) is 10.7. The lowest BCUT2D eigenvalue weighted by molar-refractivity contribution is 0.415. The summed E-state index contributed by atoms with van der Waals surface area (Å²) in [6.07, 6.45) is 2.93. The highest BCUT2D eigenvalue weighted by atomic mass is 35.5. The zero-order chi connectivity index (χ0) is 68.9. The fourth-order valence-electron chi connectivity index (χ4n) is 9.86. The Hall–Kier alpha value is -10.1. The second kappa shape index (κ2) is 37.7. The number of aromatic amines is 1. The zero-order valence-electron chi connectivity index (χ0n) is 56.3. The average molecular weight is 1350 g/mol. The van der Waals surface area contributed by atoms with Gasteiger partial charge in [-0.2, -0.15) is 5.26 Å². The first-order chi connectivity index (χ1) is 46.5. The molecule has 496 valence electrons. The summed E-state index contributed by atoms with van der Waals surface area (Å²) in [5.74, 6) is 5.72. The van der Waals surface area contributed by atoms with E-state index in [1.54, 1.807) is 52.5 Å². The number of hydrogen-bond donors (Lipinski definition) is 2. The Morgan fingerprint density at radius 2 is 0.812 bits per heavy atom. The van der Waals surface area contributed by atoms with E-state index < -0.39 is 0 Å². The Bertz CT molecular complexity index is 4490. The third-order valence-electron chi connectivity index (χ3n) is 15.3. The molecule has 0 aliphatic carbocycles. The number of aryl methyl sites for hydroxylation is 1. The van der Waals surface area contributed by atoms with Crippen molar-refractivity contribution in [1.82, 2.24) is 30.2 Å². The number of anilines is 3. The molecule has 0 saturated heterocycles. The number of hydrogen-bond acceptors (Lipinski definition) is 14. The zero-order valence-corrected chi connectivity index (χ0v) is 58.5. The van der Waals surface area contributed by atoms with Crippen LogP contribution >= 0.6 is 34.8 Å². The Kier molecular flexibility index (Phi) is 28.8. The van der Waals surface area contributed by atoms with Crippen LogP contribution in [0.2, 0.25) is 15.5 Å². The smallest absolute Gasteiger partial charge is 0.257 e. The minimum Gasteiger partial charge on any atom is -0.497 e. The lowest BCUT2D eigenvalue weighted by Gasteiger charge is -2.19. The van der Waals surface area contributed by atoms with Gasteiger partial charge in [-0.15, -0.1) is 0 Å². The summed E-state index contributed by atoms with van der Waals surface area (Å²) in [7, 11) is 16.3. The van der Waals surface area contributed by atoms with Crippen LogP contribution in [0.15, 0.2) is 223 Å². The molecule has 0 spiro atoms. The largest absolute Gasteiger partial charge is 0.497 e. The normalized spacial score (nSPS) is 10.3. The van der Waals surface area contributed by atoms with Crippen molar-refractivity contribution < 1.29 is 18.9 Å². The summed E-state index contributed by atoms with van der Waals surface area (Å²) in [5.41, 5.74) is 5.83. The molecule has 4 aromatic heterocycles. The molecule has 8 aromatic carbocycles. The van der Waals surface area contributed by atoms with E-state index in [4.69, 9.17) is 59.0 Å². The molecule has 18 heteroatoms. The quantitative estimate of drug-likeness (QED) is 0.0504. The van der Waals surface area contributed by atoms with Crippen LogP contribution < -0.4 is 44.5 Å². The summed E-state index contributed by atoms with van der Waals surface area (Å²) in [6, 6.07) is 71.6. The molecule has 96 heavy (non-hydrogen) atoms. The number of H-pyrrole nitrogens is 1. The summed E-state index contributed by atoms with van der Waals surface area (Å²) in [4.78, 5) is 36.1. The second-order valence-electron chi connectivity index (χ2n) is 22.2. The standard InChI is InChI=1S/C18H17ClN2O.C18H18N2O2.C13H15ClN2O.C12H12ClNO.C9H10N2.C8H11N/c1-21(12-13-6-4-3-5-7-13)17-11-14-10-15(22-2)8-9-16(14)18(19)20-17;1-20(12-13-6-4-3-5-7-13)17-11-14-10-15(22-2)8-9-16(14)18(21)19-17;1-4-16(2)12-8-9-7-10(17-3)5-6-11(9)13(14)15-12;1-3-9-6-8-7-10(15-2)4-5-11(8)12(13)14-9;1-11(8-10)7-9-5-3-2-4-6-9;1-9-7-8-5-3-2-4-6-8/h3-11H,12H2,1-2H3;3-11H,12H2,1-2H3,(H,19,21);5-8H,4H2,1-3H3;4-7H,3H2,1-2H3;2-6H,7H2,1H3;2-6,9H,7H2,1H3. The molecule has 15 nitrogen and oxygen atoms in total. The minimum absolute atomic E-state index is 0.0879. The van der Waals surface area contributed by atoms with Gasteiger partial charge >= 0.3 is 0 Å². The van der Waals surface area contributed by atoms with E-state index in [1.807, 2.05) is 214 Å². The number of ether oxygens (including phenoxy) is 4. The fraction of sp³-hybridized carbons (Fsp3) is 0.218. The number of methoxy groups -OCH3 is 4. The van der Waals surface area contributed by atoms with Gasteiger partial charge in [0.2, 0.25) is 0 Å². The van der Waals surface area contributed by atoms with E-state index in [0.29, 0.717) is 27.4 Å². The van der Waals surface area contributed by atoms with E-state index in [1.165, 1.54) is 16.7 Å². The van der Waals surface area contributed by atoms with Gasteiger partial charge in [0.25, 0.3) is 5.56 Å². The van der Waals surface area contributed by atoms with Crippen molar-refractivity contribution in [3.05, 3.63) is 272 Å². The van der Waals surface area contributed by atoms with Crippen LogP contribution in [-0.4, -0.2) is 95.1 Å². The van der Waals surface area contributed by atoms with E-state index in [-0.39, 0.29) is 5.56 Å². The number of halogens is 3. The average Bonchev–Trinajstić information content (AvgIpc) is 0.845. The second-order valence-corrected chi connectivity index (χ2v) is 23.2. The van der Waals surface area contributed by atoms with Gasteiger partial charge in [0, 0.05) is 81.6 Å². The van der Waals surface area contributed by atoms with Crippen molar-refractivity contribution in [3.8, 4) is 29.2 Å². The summed E-state index contributed by atoms with van der Waals surface area (Å²) in [5, 5.41) is 20.7. The van der Waals surface area contributed by atoms with Gasteiger partial charge in [-0.1, -0.05) is 163 Å². The van der Waals surface area contributed by atoms with Crippen molar-refractivity contribution in [3.63, 3.8) is 0 Å². The van der Waals surface area contributed by atoms with Crippen molar-refractivity contribution >= 4 is 95.3 Å². The van der Waals surface area contributed by atoms with Crippen molar-refractivity contribution in [2.24, 2.45) is 0 Å². The van der Waals surface area contributed by atoms with E-state index >= 15 is 0 Å². The van der Waals surface area contributed by atoms with Crippen molar-refractivity contribution in [2.45, 2.75) is 46.4 Å². The lowest BCUT2D eigenvalue weighted by Crippen LogP contribution is -2.21. The number of nitrogens with zero attached hydrogens (tertiary/aromatic N) is 8. The van der Waals surface area contributed by atoms with E-state index in [2.05, 4.69) is 80.4 Å². The number of rotatable bonds is 17. The molecule has 0 amide bonds. The molecule has 0 aliphatic rings. The lowest BCUT2D eigenvalue weighted by atomic mass is 10.1. The molecule has 12 aromatic rings. The van der Waals surface area contributed by atoms with Gasteiger partial charge in [0.05, 0.1) is 35.0 Å². The minimum atomic E-state index is -0.0879. The number of pyridine rings is 4. The molecule has 0 saturated carbocycles. The monoisotopic (exact) mass is 1340 g/mol. The molecule has 0 unspecified atom stereocenters. The molecular formula is C78H83Cl3N10O5.